The Kier molecular flexibility index (Phi) is 7.06. The van der Waals surface area contributed by atoms with E-state index in [1.165, 1.54) is 0 Å². The molecule has 2 heterocycles. The van der Waals surface area contributed by atoms with Gasteiger partial charge >= 0.3 is 19.9 Å². The topological polar surface area (TPSA) is 166 Å². The van der Waals surface area contributed by atoms with Gasteiger partial charge in [-0.25, -0.2) is 9.18 Å². The van der Waals surface area contributed by atoms with E-state index in [1.54, 1.807) is 20.8 Å². The summed E-state index contributed by atoms with van der Waals surface area (Å²) in [5.41, 5.74) is -4.88. The number of halogens is 1. The molecule has 1 fully saturated rings. The molecule has 1 aliphatic rings. The van der Waals surface area contributed by atoms with E-state index in [0.29, 0.717) is 4.57 Å². The molecule has 0 aliphatic carbocycles. The number of ether oxygens (including phenoxy) is 2. The molecule has 5 atom stereocenters. The minimum absolute atomic E-state index is 0.626. The molecule has 12 nitrogen and oxygen atoms in total. The van der Waals surface area contributed by atoms with Gasteiger partial charge in [-0.15, -0.1) is 0 Å². The summed E-state index contributed by atoms with van der Waals surface area (Å²) in [5, 5.41) is 20.7. The smallest absolute Gasteiger partial charge is 0.330 e. The zero-order valence-corrected chi connectivity index (χ0v) is 17.7. The first-order valence-electron chi connectivity index (χ1n) is 8.74. The van der Waals surface area contributed by atoms with Crippen LogP contribution in [0.15, 0.2) is 21.9 Å². The Bertz CT molecular complexity index is 924. The van der Waals surface area contributed by atoms with Gasteiger partial charge in [0.1, 0.15) is 18.3 Å². The fourth-order valence-corrected chi connectivity index (χ4v) is 3.10. The number of hydrogen-bond acceptors (Lipinski definition) is 10. The van der Waals surface area contributed by atoms with Crippen molar-refractivity contribution in [2.24, 2.45) is 5.41 Å². The highest BCUT2D eigenvalue weighted by atomic mass is 31.1. The molecule has 1 aliphatic heterocycles. The van der Waals surface area contributed by atoms with E-state index in [0.717, 1.165) is 19.2 Å². The lowest BCUT2D eigenvalue weighted by molar-refractivity contribution is -0.204. The largest absolute Gasteiger partial charge is 0.438 e. The second kappa shape index (κ2) is 8.69. The highest BCUT2D eigenvalue weighted by molar-refractivity contribution is 7.33. The maximum atomic E-state index is 15.1. The highest BCUT2D eigenvalue weighted by Crippen LogP contribution is 2.45. The standard InChI is InChI=1S/C16H24FN2O10P/c1-14(2,3)12(22)26-8-28-30(25)27-7-16(17)10(21)15(4,24)11(29-16)19-6-5-9(20)18-13(19)23/h5-6,10-11,21,24,30H,7-8H2,1-4H3,(H,18,20,23)/t10-,11?,15+,16+/m0/s1. The predicted octanol–water partition coefficient (Wildman–Crippen LogP) is -0.187. The van der Waals surface area contributed by atoms with Gasteiger partial charge in [0.25, 0.3) is 11.4 Å². The van der Waals surface area contributed by atoms with E-state index in [2.05, 4.69) is 4.52 Å². The number of nitrogens with one attached hydrogen (secondary N) is 1. The summed E-state index contributed by atoms with van der Waals surface area (Å²) in [5.74, 6) is -3.70. The van der Waals surface area contributed by atoms with Gasteiger partial charge in [-0.2, -0.15) is 0 Å². The average Bonchev–Trinajstić information content (AvgIpc) is 2.80. The Balaban J connectivity index is 2.02. The van der Waals surface area contributed by atoms with Crippen molar-refractivity contribution in [3.8, 4) is 0 Å². The number of aliphatic hydroxyl groups is 2. The molecule has 0 saturated carbocycles. The molecule has 2 unspecified atom stereocenters. The summed E-state index contributed by atoms with van der Waals surface area (Å²) in [6.45, 7) is 3.95. The molecule has 1 aromatic rings. The molecule has 1 saturated heterocycles. The quantitative estimate of drug-likeness (QED) is 0.286. The number of aliphatic hydroxyl groups excluding tert-OH is 1. The number of nitrogens with zero attached hydrogens (tertiary/aromatic N) is 1. The molecule has 14 heteroatoms. The Hall–Kier alpha value is -1.89. The van der Waals surface area contributed by atoms with Crippen LogP contribution in [0.1, 0.15) is 33.9 Å². The molecular formula is C16H24FN2O10P. The lowest BCUT2D eigenvalue weighted by Crippen LogP contribution is -2.49. The zero-order chi connectivity index (χ0) is 22.9. The summed E-state index contributed by atoms with van der Waals surface area (Å²) < 4.78 is 46.7. The number of hydrogen-bond donors (Lipinski definition) is 3. The number of esters is 1. The molecule has 0 radical (unpaired) electrons. The summed E-state index contributed by atoms with van der Waals surface area (Å²) in [6, 6.07) is 0.938. The summed E-state index contributed by atoms with van der Waals surface area (Å²) in [4.78, 5) is 36.6. The normalized spacial score (nSPS) is 30.2. The van der Waals surface area contributed by atoms with Crippen molar-refractivity contribution in [1.29, 1.82) is 0 Å². The number of aromatic amines is 1. The summed E-state index contributed by atoms with van der Waals surface area (Å²) >= 11 is 0. The first-order chi connectivity index (χ1) is 13.7. The number of carbonyl (C=O) groups is 1. The van der Waals surface area contributed by atoms with Gasteiger partial charge in [0, 0.05) is 12.3 Å². The van der Waals surface area contributed by atoms with Crippen molar-refractivity contribution in [3.63, 3.8) is 0 Å². The van der Waals surface area contributed by atoms with Crippen LogP contribution in [0, 0.1) is 5.41 Å². The first-order valence-corrected chi connectivity index (χ1v) is 9.96. The van der Waals surface area contributed by atoms with Crippen molar-refractivity contribution in [2.45, 2.75) is 51.5 Å². The SMILES string of the molecule is CC(C)(C)C(=O)OCO[PH](=O)OC[C@@]1(F)OC(n2ccc(=O)[nH]c2=O)[C@](C)(O)[C@@H]1O. The molecule has 3 N–H and O–H groups in total. The Labute approximate surface area is 170 Å². The minimum atomic E-state index is -3.37. The molecule has 0 amide bonds. The first kappa shape index (κ1) is 24.4. The lowest BCUT2D eigenvalue weighted by atomic mass is 9.95. The molecule has 0 spiro atoms. The van der Waals surface area contributed by atoms with Crippen LogP contribution < -0.4 is 11.2 Å². The second-order valence-corrected chi connectivity index (χ2v) is 8.96. The van der Waals surface area contributed by atoms with Crippen LogP contribution >= 0.6 is 8.25 Å². The van der Waals surface area contributed by atoms with E-state index in [-0.39, 0.29) is 0 Å². The summed E-state index contributed by atoms with van der Waals surface area (Å²) in [7, 11) is -3.37. The van der Waals surface area contributed by atoms with Crippen molar-refractivity contribution in [2.75, 3.05) is 13.4 Å². The van der Waals surface area contributed by atoms with Crippen LogP contribution in [0.3, 0.4) is 0 Å². The number of carbonyl (C=O) groups excluding carboxylic acids is 1. The van der Waals surface area contributed by atoms with Crippen LogP contribution in [0.5, 0.6) is 0 Å². The number of aromatic nitrogens is 2. The van der Waals surface area contributed by atoms with Crippen LogP contribution in [-0.4, -0.2) is 56.7 Å². The van der Waals surface area contributed by atoms with E-state index in [9.17, 15) is 29.2 Å². The van der Waals surface area contributed by atoms with Gasteiger partial charge in [-0.3, -0.25) is 28.2 Å². The van der Waals surface area contributed by atoms with Gasteiger partial charge in [-0.05, 0) is 27.7 Å². The van der Waals surface area contributed by atoms with Crippen molar-refractivity contribution in [1.82, 2.24) is 9.55 Å². The third kappa shape index (κ3) is 5.23. The van der Waals surface area contributed by atoms with Gasteiger partial charge in [0.15, 0.2) is 6.23 Å². The lowest BCUT2D eigenvalue weighted by Gasteiger charge is -2.27. The van der Waals surface area contributed by atoms with Crippen molar-refractivity contribution < 1.29 is 42.5 Å². The van der Waals surface area contributed by atoms with E-state index >= 15 is 4.39 Å². The number of rotatable bonds is 7. The van der Waals surface area contributed by atoms with Crippen LogP contribution in [0.4, 0.5) is 4.39 Å². The maximum absolute atomic E-state index is 15.1. The third-order valence-electron chi connectivity index (χ3n) is 4.24. The molecule has 1 aromatic heterocycles. The van der Waals surface area contributed by atoms with Gasteiger partial charge in [0.2, 0.25) is 6.79 Å². The second-order valence-electron chi connectivity index (χ2n) is 7.88. The molecule has 2 rings (SSSR count). The summed E-state index contributed by atoms with van der Waals surface area (Å²) in [6.07, 6.45) is -3.00. The Morgan fingerprint density at radius 1 is 1.40 bits per heavy atom. The van der Waals surface area contributed by atoms with Crippen molar-refractivity contribution >= 4 is 14.2 Å². The third-order valence-corrected chi connectivity index (χ3v) is 4.97. The zero-order valence-electron chi connectivity index (χ0n) is 16.7. The molecular weight excluding hydrogens is 430 g/mol. The van der Waals surface area contributed by atoms with Crippen LogP contribution in [-0.2, 0) is 27.9 Å². The molecule has 0 bridgehead atoms. The number of H-pyrrole nitrogens is 1. The highest BCUT2D eigenvalue weighted by Gasteiger charge is 2.63. The fourth-order valence-electron chi connectivity index (χ4n) is 2.55. The average molecular weight is 454 g/mol. The minimum Gasteiger partial charge on any atom is -0.438 e. The van der Waals surface area contributed by atoms with Gasteiger partial charge < -0.3 is 24.2 Å². The number of alkyl halides is 1. The fraction of sp³-hybridized carbons (Fsp3) is 0.688. The van der Waals surface area contributed by atoms with E-state index in [4.69, 9.17) is 14.0 Å². The molecule has 170 valence electrons. The van der Waals surface area contributed by atoms with Gasteiger partial charge in [0.05, 0.1) is 5.41 Å². The van der Waals surface area contributed by atoms with Crippen molar-refractivity contribution in [3.05, 3.63) is 33.1 Å². The monoisotopic (exact) mass is 454 g/mol. The molecule has 0 aromatic carbocycles. The molecule has 30 heavy (non-hydrogen) atoms. The Morgan fingerprint density at radius 2 is 2.03 bits per heavy atom. The van der Waals surface area contributed by atoms with E-state index in [1.807, 2.05) is 4.98 Å². The Morgan fingerprint density at radius 3 is 2.60 bits per heavy atom. The maximum Gasteiger partial charge on any atom is 0.330 e. The van der Waals surface area contributed by atoms with Gasteiger partial charge in [-0.1, -0.05) is 0 Å². The van der Waals surface area contributed by atoms with E-state index < -0.39 is 68.1 Å². The van der Waals surface area contributed by atoms with Crippen LogP contribution in [0.25, 0.3) is 0 Å². The van der Waals surface area contributed by atoms with Crippen LogP contribution in [0.2, 0.25) is 0 Å². The predicted molar refractivity (Wildman–Crippen MR) is 98.4 cm³/mol.